The summed E-state index contributed by atoms with van der Waals surface area (Å²) in [6.07, 6.45) is 3.85. The van der Waals surface area contributed by atoms with Gasteiger partial charge in [-0.25, -0.2) is 4.68 Å². The van der Waals surface area contributed by atoms with Gasteiger partial charge in [0, 0.05) is 18.8 Å². The number of carbonyl (C=O) groups excluding carboxylic acids is 2. The summed E-state index contributed by atoms with van der Waals surface area (Å²) in [7, 11) is 0. The number of carbonyl (C=O) groups is 2. The maximum Gasteiger partial charge on any atom is 0.256 e. The lowest BCUT2D eigenvalue weighted by molar-refractivity contribution is -0.133. The second kappa shape index (κ2) is 5.44. The van der Waals surface area contributed by atoms with Crippen molar-refractivity contribution in [1.82, 2.24) is 30.0 Å². The predicted molar refractivity (Wildman–Crippen MR) is 71.8 cm³/mol. The second-order valence-corrected chi connectivity index (χ2v) is 4.66. The van der Waals surface area contributed by atoms with Gasteiger partial charge >= 0.3 is 0 Å². The van der Waals surface area contributed by atoms with E-state index in [1.54, 1.807) is 18.5 Å². The number of hydrogen-bond acceptors (Lipinski definition) is 7. The molecule has 3 heterocycles. The molecule has 9 nitrogen and oxygen atoms in total. The summed E-state index contributed by atoms with van der Waals surface area (Å²) in [4.78, 5) is 34.8. The Morgan fingerprint density at radius 3 is 2.90 bits per heavy atom. The Labute approximate surface area is 123 Å². The summed E-state index contributed by atoms with van der Waals surface area (Å²) in [6.45, 7) is 0. The molecule has 1 fully saturated rings. The molecule has 2 aromatic rings. The van der Waals surface area contributed by atoms with Crippen LogP contribution in [-0.2, 0) is 9.59 Å². The van der Waals surface area contributed by atoms with Gasteiger partial charge in [-0.2, -0.15) is 20.1 Å². The average molecular weight is 308 g/mol. The van der Waals surface area contributed by atoms with Crippen molar-refractivity contribution in [2.45, 2.75) is 18.9 Å². The number of hydrogen-bond donors (Lipinski definition) is 2. The molecule has 1 aliphatic heterocycles. The van der Waals surface area contributed by atoms with Crippen LogP contribution in [0.1, 0.15) is 12.8 Å². The highest BCUT2D eigenvalue weighted by atomic mass is 35.5. The number of aromatic nitrogens is 5. The molecule has 3 rings (SSSR count). The van der Waals surface area contributed by atoms with Crippen LogP contribution in [0.2, 0.25) is 5.28 Å². The second-order valence-electron chi connectivity index (χ2n) is 4.33. The van der Waals surface area contributed by atoms with Crippen molar-refractivity contribution in [3.05, 3.63) is 23.7 Å². The third kappa shape index (κ3) is 2.97. The molecule has 2 N–H and O–H groups in total. The van der Waals surface area contributed by atoms with Gasteiger partial charge in [-0.15, -0.1) is 0 Å². The van der Waals surface area contributed by atoms with Crippen molar-refractivity contribution >= 4 is 29.4 Å². The van der Waals surface area contributed by atoms with Crippen LogP contribution in [0.15, 0.2) is 18.5 Å². The van der Waals surface area contributed by atoms with Gasteiger partial charge in [0.2, 0.25) is 23.0 Å². The molecule has 10 heteroatoms. The zero-order valence-electron chi connectivity index (χ0n) is 10.7. The molecule has 0 radical (unpaired) electrons. The summed E-state index contributed by atoms with van der Waals surface area (Å²) in [6, 6.07) is 1.12. The van der Waals surface area contributed by atoms with E-state index in [-0.39, 0.29) is 29.5 Å². The lowest BCUT2D eigenvalue weighted by Crippen LogP contribution is -2.47. The molecule has 1 saturated heterocycles. The lowest BCUT2D eigenvalue weighted by Gasteiger charge is -2.21. The van der Waals surface area contributed by atoms with Gasteiger partial charge in [0.05, 0.1) is 0 Å². The van der Waals surface area contributed by atoms with Gasteiger partial charge in [0.1, 0.15) is 6.04 Å². The third-order valence-electron chi connectivity index (χ3n) is 2.85. The molecule has 21 heavy (non-hydrogen) atoms. The normalized spacial score (nSPS) is 18.4. The zero-order valence-corrected chi connectivity index (χ0v) is 11.4. The molecule has 0 saturated carbocycles. The monoisotopic (exact) mass is 307 g/mol. The molecule has 1 aliphatic rings. The van der Waals surface area contributed by atoms with E-state index < -0.39 is 11.9 Å². The van der Waals surface area contributed by atoms with Crippen molar-refractivity contribution in [2.75, 3.05) is 5.32 Å². The minimum Gasteiger partial charge on any atom is -0.342 e. The Hall–Kier alpha value is -2.55. The first-order valence-electron chi connectivity index (χ1n) is 6.13. The minimum absolute atomic E-state index is 0.0229. The summed E-state index contributed by atoms with van der Waals surface area (Å²) in [5.41, 5.74) is 0. The van der Waals surface area contributed by atoms with Crippen LogP contribution in [0, 0.1) is 0 Å². The molecule has 0 bridgehead atoms. The van der Waals surface area contributed by atoms with E-state index in [1.165, 1.54) is 4.68 Å². The van der Waals surface area contributed by atoms with Crippen molar-refractivity contribution in [2.24, 2.45) is 0 Å². The fourth-order valence-corrected chi connectivity index (χ4v) is 2.04. The molecule has 0 spiro atoms. The quantitative estimate of drug-likeness (QED) is 0.762. The first kappa shape index (κ1) is 13.4. The SMILES string of the molecule is O=C1CCC(Nc2nc(Cl)nc(-n3cccn3)n2)C(=O)N1. The van der Waals surface area contributed by atoms with E-state index in [9.17, 15) is 9.59 Å². The Morgan fingerprint density at radius 2 is 2.19 bits per heavy atom. The van der Waals surface area contributed by atoms with E-state index in [1.807, 2.05) is 0 Å². The van der Waals surface area contributed by atoms with Crippen LogP contribution in [-0.4, -0.2) is 42.6 Å². The van der Waals surface area contributed by atoms with E-state index in [4.69, 9.17) is 11.6 Å². The van der Waals surface area contributed by atoms with Crippen LogP contribution in [0.25, 0.3) is 5.95 Å². The largest absolute Gasteiger partial charge is 0.342 e. The predicted octanol–water partition coefficient (Wildman–Crippen LogP) is -0.0722. The van der Waals surface area contributed by atoms with Gasteiger partial charge in [0.25, 0.3) is 5.95 Å². The average Bonchev–Trinajstić information content (AvgIpc) is 2.95. The van der Waals surface area contributed by atoms with Crippen LogP contribution in [0.3, 0.4) is 0 Å². The number of piperidine rings is 1. The fourth-order valence-electron chi connectivity index (χ4n) is 1.88. The molecule has 0 aromatic carbocycles. The van der Waals surface area contributed by atoms with Crippen molar-refractivity contribution < 1.29 is 9.59 Å². The molecule has 2 amide bonds. The number of halogens is 1. The highest BCUT2D eigenvalue weighted by molar-refractivity contribution is 6.28. The van der Waals surface area contributed by atoms with Gasteiger partial charge in [0.15, 0.2) is 0 Å². The molecular weight excluding hydrogens is 298 g/mol. The number of rotatable bonds is 3. The summed E-state index contributed by atoms with van der Waals surface area (Å²) in [5, 5.41) is 9.06. The number of imide groups is 1. The summed E-state index contributed by atoms with van der Waals surface area (Å²) >= 11 is 5.85. The van der Waals surface area contributed by atoms with E-state index in [0.29, 0.717) is 6.42 Å². The van der Waals surface area contributed by atoms with Crippen LogP contribution >= 0.6 is 11.6 Å². The molecular formula is C11H10ClN7O2. The molecule has 2 aromatic heterocycles. The fraction of sp³-hybridized carbons (Fsp3) is 0.273. The summed E-state index contributed by atoms with van der Waals surface area (Å²) < 4.78 is 1.42. The number of nitrogens with zero attached hydrogens (tertiary/aromatic N) is 5. The lowest BCUT2D eigenvalue weighted by atomic mass is 10.1. The van der Waals surface area contributed by atoms with E-state index in [0.717, 1.165) is 0 Å². The highest BCUT2D eigenvalue weighted by Gasteiger charge is 2.27. The minimum atomic E-state index is -0.591. The van der Waals surface area contributed by atoms with Gasteiger partial charge in [-0.3, -0.25) is 14.9 Å². The van der Waals surface area contributed by atoms with Crippen LogP contribution in [0.5, 0.6) is 0 Å². The van der Waals surface area contributed by atoms with E-state index in [2.05, 4.69) is 30.7 Å². The van der Waals surface area contributed by atoms with Gasteiger partial charge in [-0.1, -0.05) is 0 Å². The Morgan fingerprint density at radius 1 is 1.33 bits per heavy atom. The van der Waals surface area contributed by atoms with Crippen LogP contribution in [0.4, 0.5) is 5.95 Å². The van der Waals surface area contributed by atoms with E-state index >= 15 is 0 Å². The summed E-state index contributed by atoms with van der Waals surface area (Å²) in [5.74, 6) is -0.322. The maximum atomic E-state index is 11.7. The first-order chi connectivity index (χ1) is 10.1. The molecule has 1 atom stereocenters. The third-order valence-corrected chi connectivity index (χ3v) is 3.02. The smallest absolute Gasteiger partial charge is 0.256 e. The number of amides is 2. The molecule has 108 valence electrons. The first-order valence-corrected chi connectivity index (χ1v) is 6.51. The molecule has 0 aliphatic carbocycles. The standard InChI is InChI=1S/C11H10ClN7O2/c12-9-16-10(14-6-2-3-7(20)15-8(6)21)18-11(17-9)19-5-1-4-13-19/h1,4-6H,2-3H2,(H,15,20,21)(H,14,16,17,18). The Balaban J connectivity index is 1.82. The molecule has 1 unspecified atom stereocenters. The van der Waals surface area contributed by atoms with Gasteiger partial charge in [-0.05, 0) is 24.1 Å². The Kier molecular flexibility index (Phi) is 3.48. The van der Waals surface area contributed by atoms with Crippen LogP contribution < -0.4 is 10.6 Å². The number of anilines is 1. The topological polar surface area (TPSA) is 115 Å². The highest BCUT2D eigenvalue weighted by Crippen LogP contribution is 2.13. The van der Waals surface area contributed by atoms with Crippen molar-refractivity contribution in [3.8, 4) is 5.95 Å². The van der Waals surface area contributed by atoms with Crippen molar-refractivity contribution in [3.63, 3.8) is 0 Å². The number of nitrogens with one attached hydrogen (secondary N) is 2. The van der Waals surface area contributed by atoms with Crippen molar-refractivity contribution in [1.29, 1.82) is 0 Å². The van der Waals surface area contributed by atoms with Gasteiger partial charge < -0.3 is 5.32 Å². The zero-order chi connectivity index (χ0) is 14.8. The maximum absolute atomic E-state index is 11.7. The Bertz CT molecular complexity index is 688.